The maximum Gasteiger partial charge on any atom is 0.241 e. The van der Waals surface area contributed by atoms with Crippen molar-refractivity contribution in [2.24, 2.45) is 5.73 Å². The number of nitrogens with one attached hydrogen (secondary N) is 1. The zero-order valence-electron chi connectivity index (χ0n) is 12.1. The summed E-state index contributed by atoms with van der Waals surface area (Å²) in [5.74, 6) is 0.978. The second-order valence-corrected chi connectivity index (χ2v) is 5.98. The number of hydrogen-bond acceptors (Lipinski definition) is 4. The SMILES string of the molecule is CCSc1cccc(NCC(=O)N(C)CC)c1C(N)=S. The molecule has 3 N–H and O–H groups in total. The third-order valence-corrected chi connectivity index (χ3v) is 4.05. The molecule has 1 aromatic rings. The van der Waals surface area contributed by atoms with Crippen molar-refractivity contribution in [1.82, 2.24) is 4.90 Å². The Morgan fingerprint density at radius 1 is 1.45 bits per heavy atom. The van der Waals surface area contributed by atoms with Crippen molar-refractivity contribution in [3.05, 3.63) is 23.8 Å². The fourth-order valence-corrected chi connectivity index (χ4v) is 2.83. The second kappa shape index (κ2) is 8.11. The van der Waals surface area contributed by atoms with Gasteiger partial charge in [0.2, 0.25) is 5.91 Å². The normalized spacial score (nSPS) is 10.2. The highest BCUT2D eigenvalue weighted by Crippen LogP contribution is 2.28. The van der Waals surface area contributed by atoms with Gasteiger partial charge in [0, 0.05) is 29.7 Å². The van der Waals surface area contributed by atoms with Gasteiger partial charge in [-0.1, -0.05) is 25.2 Å². The predicted molar refractivity (Wildman–Crippen MR) is 90.5 cm³/mol. The molecule has 110 valence electrons. The summed E-state index contributed by atoms with van der Waals surface area (Å²) in [5.41, 5.74) is 7.46. The van der Waals surface area contributed by atoms with E-state index >= 15 is 0 Å². The summed E-state index contributed by atoms with van der Waals surface area (Å²) in [6.45, 7) is 4.94. The van der Waals surface area contributed by atoms with Crippen LogP contribution in [0.25, 0.3) is 0 Å². The molecule has 0 unspecified atom stereocenters. The first-order valence-electron chi connectivity index (χ1n) is 6.54. The molecule has 1 rings (SSSR count). The molecule has 20 heavy (non-hydrogen) atoms. The molecule has 1 aromatic carbocycles. The number of anilines is 1. The van der Waals surface area contributed by atoms with Crippen molar-refractivity contribution in [3.8, 4) is 0 Å². The van der Waals surface area contributed by atoms with E-state index in [0.29, 0.717) is 11.5 Å². The molecule has 0 heterocycles. The minimum absolute atomic E-state index is 0.0370. The van der Waals surface area contributed by atoms with Gasteiger partial charge < -0.3 is 16.0 Å². The van der Waals surface area contributed by atoms with E-state index in [1.54, 1.807) is 23.7 Å². The van der Waals surface area contributed by atoms with Crippen molar-refractivity contribution < 1.29 is 4.79 Å². The second-order valence-electron chi connectivity index (χ2n) is 4.24. The lowest BCUT2D eigenvalue weighted by Gasteiger charge is -2.18. The average molecular weight is 311 g/mol. The molecule has 0 radical (unpaired) electrons. The van der Waals surface area contributed by atoms with Crippen LogP contribution in [0.4, 0.5) is 5.69 Å². The largest absolute Gasteiger partial charge is 0.389 e. The van der Waals surface area contributed by atoms with Crippen molar-refractivity contribution in [2.45, 2.75) is 18.7 Å². The van der Waals surface area contributed by atoms with E-state index in [2.05, 4.69) is 12.2 Å². The van der Waals surface area contributed by atoms with E-state index in [0.717, 1.165) is 21.9 Å². The molecule has 0 fully saturated rings. The molecule has 0 saturated heterocycles. The molecule has 0 spiro atoms. The first-order chi connectivity index (χ1) is 9.51. The first kappa shape index (κ1) is 16.8. The Balaban J connectivity index is 2.92. The quantitative estimate of drug-likeness (QED) is 0.598. The zero-order valence-corrected chi connectivity index (χ0v) is 13.7. The number of amides is 1. The van der Waals surface area contributed by atoms with Crippen LogP contribution < -0.4 is 11.1 Å². The lowest BCUT2D eigenvalue weighted by atomic mass is 10.1. The van der Waals surface area contributed by atoms with E-state index in [1.807, 2.05) is 25.1 Å². The molecule has 6 heteroatoms. The fraction of sp³-hybridized carbons (Fsp3) is 0.429. The van der Waals surface area contributed by atoms with Crippen LogP contribution in [0.3, 0.4) is 0 Å². The molecule has 4 nitrogen and oxygen atoms in total. The van der Waals surface area contributed by atoms with Crippen LogP contribution >= 0.6 is 24.0 Å². The summed E-state index contributed by atoms with van der Waals surface area (Å²) >= 11 is 6.82. The maximum absolute atomic E-state index is 11.8. The lowest BCUT2D eigenvalue weighted by molar-refractivity contribution is -0.127. The zero-order chi connectivity index (χ0) is 15.1. The Kier molecular flexibility index (Phi) is 6.81. The Morgan fingerprint density at radius 2 is 2.15 bits per heavy atom. The van der Waals surface area contributed by atoms with Crippen molar-refractivity contribution in [3.63, 3.8) is 0 Å². The summed E-state index contributed by atoms with van der Waals surface area (Å²) in [6, 6.07) is 5.83. The fourth-order valence-electron chi connectivity index (χ4n) is 1.69. The monoisotopic (exact) mass is 311 g/mol. The molecule has 0 bridgehead atoms. The minimum Gasteiger partial charge on any atom is -0.389 e. The van der Waals surface area contributed by atoms with E-state index in [4.69, 9.17) is 18.0 Å². The molecule has 0 atom stereocenters. The van der Waals surface area contributed by atoms with Gasteiger partial charge in [0.25, 0.3) is 0 Å². The van der Waals surface area contributed by atoms with Gasteiger partial charge in [0.05, 0.1) is 6.54 Å². The van der Waals surface area contributed by atoms with Crippen LogP contribution in [0.1, 0.15) is 19.4 Å². The highest BCUT2D eigenvalue weighted by Gasteiger charge is 2.13. The Hall–Kier alpha value is -1.27. The van der Waals surface area contributed by atoms with Gasteiger partial charge in [-0.05, 0) is 24.8 Å². The third-order valence-electron chi connectivity index (χ3n) is 2.90. The number of thioether (sulfide) groups is 1. The van der Waals surface area contributed by atoms with Crippen LogP contribution in [0.5, 0.6) is 0 Å². The number of thiocarbonyl (C=S) groups is 1. The van der Waals surface area contributed by atoms with Gasteiger partial charge in [-0.25, -0.2) is 0 Å². The Morgan fingerprint density at radius 3 is 2.70 bits per heavy atom. The molecule has 0 aliphatic heterocycles. The summed E-state index contributed by atoms with van der Waals surface area (Å²) in [6.07, 6.45) is 0. The summed E-state index contributed by atoms with van der Waals surface area (Å²) in [4.78, 5) is 14.9. The predicted octanol–water partition coefficient (Wildman–Crippen LogP) is 2.32. The van der Waals surface area contributed by atoms with Gasteiger partial charge in [-0.15, -0.1) is 11.8 Å². The van der Waals surface area contributed by atoms with Gasteiger partial charge in [-0.3, -0.25) is 4.79 Å². The molecule has 0 saturated carbocycles. The third kappa shape index (κ3) is 4.38. The van der Waals surface area contributed by atoms with Gasteiger partial charge in [0.15, 0.2) is 0 Å². The Labute approximate surface area is 130 Å². The molecule has 0 aliphatic rings. The number of nitrogens with two attached hydrogens (primary N) is 1. The topological polar surface area (TPSA) is 58.4 Å². The number of carbonyl (C=O) groups is 1. The van der Waals surface area contributed by atoms with Crippen LogP contribution in [0.15, 0.2) is 23.1 Å². The van der Waals surface area contributed by atoms with E-state index in [1.165, 1.54) is 0 Å². The van der Waals surface area contributed by atoms with Crippen LogP contribution in [0, 0.1) is 0 Å². The summed E-state index contributed by atoms with van der Waals surface area (Å²) < 4.78 is 0. The number of likely N-dealkylation sites (N-methyl/N-ethyl adjacent to an activating group) is 1. The van der Waals surface area contributed by atoms with E-state index in [9.17, 15) is 4.79 Å². The summed E-state index contributed by atoms with van der Waals surface area (Å²) in [5, 5.41) is 3.14. The Bertz CT molecular complexity index is 491. The van der Waals surface area contributed by atoms with Crippen molar-refractivity contribution in [1.29, 1.82) is 0 Å². The number of carbonyl (C=O) groups excluding carboxylic acids is 1. The van der Waals surface area contributed by atoms with E-state index < -0.39 is 0 Å². The summed E-state index contributed by atoms with van der Waals surface area (Å²) in [7, 11) is 1.78. The molecular weight excluding hydrogens is 290 g/mol. The standard InChI is InChI=1S/C14H21N3OS2/c1-4-17(3)12(18)9-16-10-7-6-8-11(20-5-2)13(10)14(15)19/h6-8,16H,4-5,9H2,1-3H3,(H2,15,19). The van der Waals surface area contributed by atoms with Gasteiger partial charge in [-0.2, -0.15) is 0 Å². The van der Waals surface area contributed by atoms with Crippen LogP contribution in [0.2, 0.25) is 0 Å². The highest BCUT2D eigenvalue weighted by molar-refractivity contribution is 7.99. The van der Waals surface area contributed by atoms with Crippen molar-refractivity contribution in [2.75, 3.05) is 31.2 Å². The van der Waals surface area contributed by atoms with Gasteiger partial charge in [0.1, 0.15) is 4.99 Å². The van der Waals surface area contributed by atoms with Crippen LogP contribution in [-0.2, 0) is 4.79 Å². The molecule has 0 aliphatic carbocycles. The van der Waals surface area contributed by atoms with Crippen molar-refractivity contribution >= 4 is 40.6 Å². The van der Waals surface area contributed by atoms with E-state index in [-0.39, 0.29) is 12.5 Å². The number of rotatable bonds is 7. The number of nitrogens with zero attached hydrogens (tertiary/aromatic N) is 1. The minimum atomic E-state index is 0.0370. The number of benzene rings is 1. The smallest absolute Gasteiger partial charge is 0.241 e. The maximum atomic E-state index is 11.8. The molecule has 0 aromatic heterocycles. The first-order valence-corrected chi connectivity index (χ1v) is 7.94. The lowest BCUT2D eigenvalue weighted by Crippen LogP contribution is -2.32. The molecular formula is C14H21N3OS2. The average Bonchev–Trinajstić information content (AvgIpc) is 2.43. The number of hydrogen-bond donors (Lipinski definition) is 2. The molecule has 1 amide bonds. The highest BCUT2D eigenvalue weighted by atomic mass is 32.2. The van der Waals surface area contributed by atoms with Gasteiger partial charge >= 0.3 is 0 Å². The van der Waals surface area contributed by atoms with Crippen LogP contribution in [-0.4, -0.2) is 41.7 Å².